The molecule has 0 fully saturated rings. The third-order valence-corrected chi connectivity index (χ3v) is 3.18. The molecule has 1 amide bonds. The van der Waals surface area contributed by atoms with Crippen LogP contribution in [-0.2, 0) is 11.3 Å². The Kier molecular flexibility index (Phi) is 4.09. The Bertz CT molecular complexity index is 811. The van der Waals surface area contributed by atoms with Crippen molar-refractivity contribution in [3.8, 4) is 11.4 Å². The van der Waals surface area contributed by atoms with E-state index < -0.39 is 0 Å². The van der Waals surface area contributed by atoms with Crippen molar-refractivity contribution in [1.29, 1.82) is 0 Å². The first-order valence-electron chi connectivity index (χ1n) is 7.00. The van der Waals surface area contributed by atoms with E-state index in [4.69, 9.17) is 0 Å². The van der Waals surface area contributed by atoms with Crippen molar-refractivity contribution in [2.75, 3.05) is 5.32 Å². The number of aryl methyl sites for hydroxylation is 1. The van der Waals surface area contributed by atoms with E-state index in [9.17, 15) is 9.18 Å². The van der Waals surface area contributed by atoms with Crippen LogP contribution >= 0.6 is 0 Å². The van der Waals surface area contributed by atoms with Crippen LogP contribution in [0.15, 0.2) is 48.5 Å². The zero-order chi connectivity index (χ0) is 16.2. The minimum Gasteiger partial charge on any atom is -0.324 e. The lowest BCUT2D eigenvalue weighted by molar-refractivity contribution is -0.117. The van der Waals surface area contributed by atoms with Gasteiger partial charge in [0, 0.05) is 11.3 Å². The van der Waals surface area contributed by atoms with Gasteiger partial charge in [-0.2, -0.15) is 4.80 Å². The number of anilines is 1. The second-order valence-electron chi connectivity index (χ2n) is 5.06. The van der Waals surface area contributed by atoms with E-state index in [1.165, 1.54) is 16.9 Å². The van der Waals surface area contributed by atoms with Crippen LogP contribution in [0, 0.1) is 12.7 Å². The standard InChI is InChI=1S/C16H14FN5O/c1-11-2-8-14(9-3-11)18-15(23)10-22-20-16(19-21-22)12-4-6-13(17)7-5-12/h2-9H,10H2,1H3,(H,18,23). The van der Waals surface area contributed by atoms with Gasteiger partial charge in [0.1, 0.15) is 12.4 Å². The average Bonchev–Trinajstić information content (AvgIpc) is 2.98. The maximum atomic E-state index is 12.9. The quantitative estimate of drug-likeness (QED) is 0.803. The van der Waals surface area contributed by atoms with Gasteiger partial charge in [-0.15, -0.1) is 10.2 Å². The second kappa shape index (κ2) is 6.35. The summed E-state index contributed by atoms with van der Waals surface area (Å²) in [6.07, 6.45) is 0. The fourth-order valence-electron chi connectivity index (χ4n) is 1.99. The second-order valence-corrected chi connectivity index (χ2v) is 5.06. The first kappa shape index (κ1) is 14.8. The van der Waals surface area contributed by atoms with Crippen molar-refractivity contribution in [2.24, 2.45) is 0 Å². The van der Waals surface area contributed by atoms with Crippen LogP contribution in [-0.4, -0.2) is 26.1 Å². The number of benzene rings is 2. The zero-order valence-corrected chi connectivity index (χ0v) is 12.4. The summed E-state index contributed by atoms with van der Waals surface area (Å²) < 4.78 is 12.9. The summed E-state index contributed by atoms with van der Waals surface area (Å²) >= 11 is 0. The van der Waals surface area contributed by atoms with Gasteiger partial charge >= 0.3 is 0 Å². The molecule has 23 heavy (non-hydrogen) atoms. The van der Waals surface area contributed by atoms with Crippen LogP contribution in [0.25, 0.3) is 11.4 Å². The van der Waals surface area contributed by atoms with E-state index in [1.807, 2.05) is 31.2 Å². The van der Waals surface area contributed by atoms with Crippen LogP contribution in [0.2, 0.25) is 0 Å². The average molecular weight is 311 g/mol. The molecule has 6 nitrogen and oxygen atoms in total. The highest BCUT2D eigenvalue weighted by atomic mass is 19.1. The Morgan fingerprint density at radius 1 is 1.13 bits per heavy atom. The van der Waals surface area contributed by atoms with E-state index in [1.54, 1.807) is 12.1 Å². The molecule has 116 valence electrons. The Morgan fingerprint density at radius 2 is 1.83 bits per heavy atom. The number of halogens is 1. The number of hydrogen-bond acceptors (Lipinski definition) is 4. The molecule has 2 aromatic carbocycles. The number of tetrazole rings is 1. The van der Waals surface area contributed by atoms with Gasteiger partial charge in [0.2, 0.25) is 11.7 Å². The van der Waals surface area contributed by atoms with Gasteiger partial charge in [-0.3, -0.25) is 4.79 Å². The highest BCUT2D eigenvalue weighted by Gasteiger charge is 2.09. The molecule has 0 aliphatic carbocycles. The number of carbonyl (C=O) groups excluding carboxylic acids is 1. The van der Waals surface area contributed by atoms with Gasteiger partial charge in [0.25, 0.3) is 0 Å². The summed E-state index contributed by atoms with van der Waals surface area (Å²) in [5.74, 6) is -0.247. The number of aromatic nitrogens is 4. The summed E-state index contributed by atoms with van der Waals surface area (Å²) in [5, 5.41) is 14.6. The van der Waals surface area contributed by atoms with E-state index in [2.05, 4.69) is 20.7 Å². The summed E-state index contributed by atoms with van der Waals surface area (Å²) in [4.78, 5) is 13.2. The molecular formula is C16H14FN5O. The van der Waals surface area contributed by atoms with Crippen LogP contribution in [0.3, 0.4) is 0 Å². The lowest BCUT2D eigenvalue weighted by Gasteiger charge is -2.04. The molecule has 0 spiro atoms. The van der Waals surface area contributed by atoms with Crippen LogP contribution in [0.5, 0.6) is 0 Å². The number of nitrogens with zero attached hydrogens (tertiary/aromatic N) is 4. The first-order valence-corrected chi connectivity index (χ1v) is 7.00. The van der Waals surface area contributed by atoms with Gasteiger partial charge in [-0.25, -0.2) is 4.39 Å². The number of hydrogen-bond donors (Lipinski definition) is 1. The predicted octanol–water partition coefficient (Wildman–Crippen LogP) is 2.43. The molecule has 7 heteroatoms. The van der Waals surface area contributed by atoms with Crippen molar-refractivity contribution in [2.45, 2.75) is 13.5 Å². The molecule has 0 atom stereocenters. The fourth-order valence-corrected chi connectivity index (χ4v) is 1.99. The van der Waals surface area contributed by atoms with Crippen molar-refractivity contribution < 1.29 is 9.18 Å². The van der Waals surface area contributed by atoms with Crippen molar-refractivity contribution in [3.05, 3.63) is 59.9 Å². The van der Waals surface area contributed by atoms with Crippen LogP contribution in [0.4, 0.5) is 10.1 Å². The Morgan fingerprint density at radius 3 is 2.52 bits per heavy atom. The molecule has 1 N–H and O–H groups in total. The molecule has 0 aliphatic heterocycles. The lowest BCUT2D eigenvalue weighted by Crippen LogP contribution is -2.20. The Balaban J connectivity index is 1.65. The molecule has 0 bridgehead atoms. The monoisotopic (exact) mass is 311 g/mol. The Labute approximate surface area is 132 Å². The van der Waals surface area contributed by atoms with Gasteiger partial charge in [0.05, 0.1) is 0 Å². The number of nitrogens with one attached hydrogen (secondary N) is 1. The summed E-state index contributed by atoms with van der Waals surface area (Å²) in [6.45, 7) is 1.92. The molecule has 0 saturated carbocycles. The van der Waals surface area contributed by atoms with Gasteiger partial charge in [-0.1, -0.05) is 17.7 Å². The molecule has 0 radical (unpaired) electrons. The number of carbonyl (C=O) groups is 1. The van der Waals surface area contributed by atoms with Crippen molar-refractivity contribution in [1.82, 2.24) is 20.2 Å². The number of amides is 1. The smallest absolute Gasteiger partial charge is 0.248 e. The molecule has 0 unspecified atom stereocenters. The maximum absolute atomic E-state index is 12.9. The summed E-state index contributed by atoms with van der Waals surface area (Å²) in [6, 6.07) is 13.2. The highest BCUT2D eigenvalue weighted by molar-refractivity contribution is 5.90. The first-order chi connectivity index (χ1) is 11.1. The van der Waals surface area contributed by atoms with Crippen molar-refractivity contribution >= 4 is 11.6 Å². The Hall–Kier alpha value is -3.09. The third kappa shape index (κ3) is 3.76. The van der Waals surface area contributed by atoms with Crippen molar-refractivity contribution in [3.63, 3.8) is 0 Å². The number of rotatable bonds is 4. The molecular weight excluding hydrogens is 297 g/mol. The topological polar surface area (TPSA) is 72.7 Å². The third-order valence-electron chi connectivity index (χ3n) is 3.18. The van der Waals surface area contributed by atoms with Gasteiger partial charge in [-0.05, 0) is 48.5 Å². The van der Waals surface area contributed by atoms with Gasteiger partial charge in [0.15, 0.2) is 0 Å². The molecule has 3 rings (SSSR count). The SMILES string of the molecule is Cc1ccc(NC(=O)Cn2nnc(-c3ccc(F)cc3)n2)cc1. The molecule has 3 aromatic rings. The molecule has 0 saturated heterocycles. The maximum Gasteiger partial charge on any atom is 0.248 e. The normalized spacial score (nSPS) is 10.5. The van der Waals surface area contributed by atoms with Crippen LogP contribution in [0.1, 0.15) is 5.56 Å². The van der Waals surface area contributed by atoms with Gasteiger partial charge < -0.3 is 5.32 Å². The van der Waals surface area contributed by atoms with E-state index >= 15 is 0 Å². The van der Waals surface area contributed by atoms with E-state index in [0.717, 1.165) is 5.56 Å². The largest absolute Gasteiger partial charge is 0.324 e. The lowest BCUT2D eigenvalue weighted by atomic mass is 10.2. The van der Waals surface area contributed by atoms with E-state index in [-0.39, 0.29) is 18.3 Å². The van der Waals surface area contributed by atoms with Crippen LogP contribution < -0.4 is 5.32 Å². The molecule has 1 aromatic heterocycles. The summed E-state index contributed by atoms with van der Waals surface area (Å²) in [5.41, 5.74) is 2.46. The zero-order valence-electron chi connectivity index (χ0n) is 12.4. The minimum absolute atomic E-state index is 0.0535. The fraction of sp³-hybridized carbons (Fsp3) is 0.125. The summed E-state index contributed by atoms with van der Waals surface area (Å²) in [7, 11) is 0. The molecule has 1 heterocycles. The predicted molar refractivity (Wildman–Crippen MR) is 83.0 cm³/mol. The highest BCUT2D eigenvalue weighted by Crippen LogP contribution is 2.13. The molecule has 0 aliphatic rings. The minimum atomic E-state index is -0.335. The van der Waals surface area contributed by atoms with E-state index in [0.29, 0.717) is 17.1 Å².